The van der Waals surface area contributed by atoms with Crippen molar-refractivity contribution in [1.82, 2.24) is 19.9 Å². The average Bonchev–Trinajstić information content (AvgIpc) is 2.94. The monoisotopic (exact) mass is 257 g/mol. The Labute approximate surface area is 110 Å². The Balaban J connectivity index is 2.00. The van der Waals surface area contributed by atoms with Gasteiger partial charge in [0, 0.05) is 49.0 Å². The summed E-state index contributed by atoms with van der Waals surface area (Å²) in [5.74, 6) is 0.0206. The summed E-state index contributed by atoms with van der Waals surface area (Å²) in [5, 5.41) is 7.45. The fourth-order valence-corrected chi connectivity index (χ4v) is 1.65. The second-order valence-corrected chi connectivity index (χ2v) is 3.95. The minimum Gasteiger partial charge on any atom is -0.387 e. The highest BCUT2D eigenvalue weighted by atomic mass is 14.9. The molecule has 0 saturated carbocycles. The Bertz CT molecular complexity index is 532. The van der Waals surface area contributed by atoms with Gasteiger partial charge in [0.05, 0.1) is 12.2 Å². The highest BCUT2D eigenvalue weighted by Gasteiger charge is 2.13. The molecule has 0 aromatic carbocycles. The molecule has 2 rings (SSSR count). The quantitative estimate of drug-likeness (QED) is 0.517. The molecule has 4 N–H and O–H groups in total. The number of rotatable bonds is 6. The fraction of sp³-hybridized carbons (Fsp3) is 0.250. The number of amidine groups is 1. The number of aliphatic imine (C=N–C) groups is 1. The predicted octanol–water partition coefficient (Wildman–Crippen LogP) is 0.533. The molecule has 0 fully saturated rings. The standard InChI is InChI=1S/C12H15N7/c13-3-11(9-4-15-7-16-5-9)12(14)18-2-1-10-6-17-8-19-10/h3-8,11,13H,1-2H2,(H2,14,18)(H,17,19). The molecule has 7 nitrogen and oxygen atoms in total. The molecule has 0 saturated heterocycles. The van der Waals surface area contributed by atoms with Gasteiger partial charge < -0.3 is 16.1 Å². The molecule has 98 valence electrons. The molecule has 2 aromatic rings. The van der Waals surface area contributed by atoms with E-state index in [1.165, 1.54) is 12.5 Å². The number of aromatic nitrogens is 4. The number of imidazole rings is 1. The summed E-state index contributed by atoms with van der Waals surface area (Å²) in [5.41, 5.74) is 7.69. The van der Waals surface area contributed by atoms with Crippen LogP contribution in [0.5, 0.6) is 0 Å². The lowest BCUT2D eigenvalue weighted by molar-refractivity contribution is 0.922. The van der Waals surface area contributed by atoms with E-state index >= 15 is 0 Å². The molecule has 2 heterocycles. The summed E-state index contributed by atoms with van der Waals surface area (Å²) in [6, 6.07) is 0. The van der Waals surface area contributed by atoms with Crippen molar-refractivity contribution >= 4 is 12.1 Å². The lowest BCUT2D eigenvalue weighted by atomic mass is 10.0. The predicted molar refractivity (Wildman–Crippen MR) is 72.3 cm³/mol. The molecule has 0 spiro atoms. The topological polar surface area (TPSA) is 117 Å². The van der Waals surface area contributed by atoms with Crippen LogP contribution < -0.4 is 5.73 Å². The molecule has 0 aliphatic rings. The zero-order valence-corrected chi connectivity index (χ0v) is 10.3. The Hall–Kier alpha value is -2.57. The van der Waals surface area contributed by atoms with E-state index in [-0.39, 0.29) is 5.92 Å². The number of aromatic amines is 1. The third-order valence-electron chi connectivity index (χ3n) is 2.66. The molecular formula is C12H15N7. The van der Waals surface area contributed by atoms with E-state index in [0.717, 1.165) is 17.7 Å². The summed E-state index contributed by atoms with van der Waals surface area (Å²) < 4.78 is 0. The van der Waals surface area contributed by atoms with Gasteiger partial charge in [-0.05, 0) is 0 Å². The summed E-state index contributed by atoms with van der Waals surface area (Å²) in [7, 11) is 0. The van der Waals surface area contributed by atoms with Crippen LogP contribution in [0.25, 0.3) is 0 Å². The summed E-state index contributed by atoms with van der Waals surface area (Å²) in [4.78, 5) is 19.1. The normalized spacial score (nSPS) is 13.2. The lowest BCUT2D eigenvalue weighted by Crippen LogP contribution is -2.24. The van der Waals surface area contributed by atoms with Gasteiger partial charge in [0.1, 0.15) is 12.2 Å². The van der Waals surface area contributed by atoms with Crippen LogP contribution in [-0.2, 0) is 6.42 Å². The third kappa shape index (κ3) is 3.44. The van der Waals surface area contributed by atoms with Crippen molar-refractivity contribution in [3.63, 3.8) is 0 Å². The number of nitrogens with zero attached hydrogens (tertiary/aromatic N) is 4. The highest BCUT2D eigenvalue weighted by molar-refractivity contribution is 6.00. The molecule has 2 aromatic heterocycles. The van der Waals surface area contributed by atoms with Crippen LogP contribution >= 0.6 is 0 Å². The average molecular weight is 257 g/mol. The molecule has 0 radical (unpaired) electrons. The Kier molecular flexibility index (Phi) is 4.33. The first-order valence-corrected chi connectivity index (χ1v) is 5.84. The molecule has 0 aliphatic heterocycles. The first-order valence-electron chi connectivity index (χ1n) is 5.84. The summed E-state index contributed by atoms with van der Waals surface area (Å²) >= 11 is 0. The second-order valence-electron chi connectivity index (χ2n) is 3.95. The molecule has 7 heteroatoms. The minimum absolute atomic E-state index is 0.372. The van der Waals surface area contributed by atoms with Gasteiger partial charge in [0.2, 0.25) is 0 Å². The molecule has 19 heavy (non-hydrogen) atoms. The maximum absolute atomic E-state index is 7.45. The SMILES string of the molecule is N=CC(C(N)=NCCc1cnc[nH]1)c1cncnc1. The fourth-order valence-electron chi connectivity index (χ4n) is 1.65. The molecule has 0 aliphatic carbocycles. The van der Waals surface area contributed by atoms with E-state index < -0.39 is 0 Å². The van der Waals surface area contributed by atoms with Crippen molar-refractivity contribution in [3.8, 4) is 0 Å². The second kappa shape index (κ2) is 6.39. The smallest absolute Gasteiger partial charge is 0.115 e. The summed E-state index contributed by atoms with van der Waals surface area (Å²) in [6.07, 6.45) is 10.1. The van der Waals surface area contributed by atoms with Crippen molar-refractivity contribution in [2.45, 2.75) is 12.3 Å². The number of nitrogens with one attached hydrogen (secondary N) is 2. The maximum atomic E-state index is 7.45. The van der Waals surface area contributed by atoms with Gasteiger partial charge in [0.25, 0.3) is 0 Å². The van der Waals surface area contributed by atoms with Gasteiger partial charge >= 0.3 is 0 Å². The Morgan fingerprint density at radius 1 is 1.37 bits per heavy atom. The van der Waals surface area contributed by atoms with Gasteiger partial charge in [-0.15, -0.1) is 0 Å². The van der Waals surface area contributed by atoms with E-state index in [1.807, 2.05) is 0 Å². The van der Waals surface area contributed by atoms with Crippen LogP contribution in [0.1, 0.15) is 17.2 Å². The van der Waals surface area contributed by atoms with E-state index in [1.54, 1.807) is 24.9 Å². The van der Waals surface area contributed by atoms with E-state index in [9.17, 15) is 0 Å². The van der Waals surface area contributed by atoms with Crippen LogP contribution in [0, 0.1) is 5.41 Å². The number of hydrogen-bond donors (Lipinski definition) is 3. The Morgan fingerprint density at radius 2 is 2.16 bits per heavy atom. The zero-order valence-electron chi connectivity index (χ0n) is 10.3. The first kappa shape index (κ1) is 12.9. The summed E-state index contributed by atoms with van der Waals surface area (Å²) in [6.45, 7) is 0.548. The Morgan fingerprint density at radius 3 is 2.79 bits per heavy atom. The lowest BCUT2D eigenvalue weighted by Gasteiger charge is -2.10. The van der Waals surface area contributed by atoms with Crippen molar-refractivity contribution in [3.05, 3.63) is 42.5 Å². The van der Waals surface area contributed by atoms with Gasteiger partial charge in [-0.3, -0.25) is 4.99 Å². The molecule has 0 amide bonds. The van der Waals surface area contributed by atoms with Crippen LogP contribution in [0.2, 0.25) is 0 Å². The van der Waals surface area contributed by atoms with E-state index in [0.29, 0.717) is 12.4 Å². The van der Waals surface area contributed by atoms with Crippen molar-refractivity contribution in [2.24, 2.45) is 10.7 Å². The van der Waals surface area contributed by atoms with Crippen LogP contribution in [0.4, 0.5) is 0 Å². The van der Waals surface area contributed by atoms with Crippen LogP contribution in [-0.4, -0.2) is 38.5 Å². The van der Waals surface area contributed by atoms with Gasteiger partial charge in [0.15, 0.2) is 0 Å². The highest BCUT2D eigenvalue weighted by Crippen LogP contribution is 2.11. The van der Waals surface area contributed by atoms with E-state index in [4.69, 9.17) is 11.1 Å². The van der Waals surface area contributed by atoms with Crippen molar-refractivity contribution < 1.29 is 0 Å². The molecule has 1 atom stereocenters. The van der Waals surface area contributed by atoms with Crippen molar-refractivity contribution in [2.75, 3.05) is 6.54 Å². The molecule has 1 unspecified atom stereocenters. The van der Waals surface area contributed by atoms with Gasteiger partial charge in [-0.2, -0.15) is 0 Å². The molecule has 0 bridgehead atoms. The van der Waals surface area contributed by atoms with E-state index in [2.05, 4.69) is 24.9 Å². The van der Waals surface area contributed by atoms with Crippen LogP contribution in [0.15, 0.2) is 36.2 Å². The largest absolute Gasteiger partial charge is 0.387 e. The van der Waals surface area contributed by atoms with Crippen molar-refractivity contribution in [1.29, 1.82) is 5.41 Å². The zero-order chi connectivity index (χ0) is 13.5. The number of H-pyrrole nitrogens is 1. The maximum Gasteiger partial charge on any atom is 0.115 e. The third-order valence-corrected chi connectivity index (χ3v) is 2.66. The number of hydrogen-bond acceptors (Lipinski definition) is 5. The number of nitrogens with two attached hydrogens (primary N) is 1. The van der Waals surface area contributed by atoms with Gasteiger partial charge in [-0.25, -0.2) is 15.0 Å². The van der Waals surface area contributed by atoms with Gasteiger partial charge in [-0.1, -0.05) is 0 Å². The minimum atomic E-state index is -0.372. The first-order chi connectivity index (χ1) is 9.31. The molecular weight excluding hydrogens is 242 g/mol. The van der Waals surface area contributed by atoms with Crippen LogP contribution in [0.3, 0.4) is 0 Å².